The van der Waals surface area contributed by atoms with E-state index in [9.17, 15) is 4.79 Å². The summed E-state index contributed by atoms with van der Waals surface area (Å²) in [6.45, 7) is 0.889. The molecule has 0 radical (unpaired) electrons. The standard InChI is InChI=1S/C8H14N2OS/c1-10-3-6(2-8(10)11)9-7-4-12-5-7/h6-7,9H,2-5H2,1H3. The average Bonchev–Trinajstić information content (AvgIpc) is 2.24. The van der Waals surface area contributed by atoms with Crippen LogP contribution in [-0.4, -0.2) is 48.0 Å². The van der Waals surface area contributed by atoms with Gasteiger partial charge < -0.3 is 10.2 Å². The smallest absolute Gasteiger partial charge is 0.224 e. The fourth-order valence-electron chi connectivity index (χ4n) is 1.64. The van der Waals surface area contributed by atoms with Crippen LogP contribution in [0.2, 0.25) is 0 Å². The van der Waals surface area contributed by atoms with Crippen molar-refractivity contribution >= 4 is 17.7 Å². The molecule has 0 saturated carbocycles. The molecule has 3 nitrogen and oxygen atoms in total. The van der Waals surface area contributed by atoms with Crippen molar-refractivity contribution in [2.24, 2.45) is 0 Å². The number of likely N-dealkylation sites (tertiary alicyclic amines) is 1. The summed E-state index contributed by atoms with van der Waals surface area (Å²) in [5.41, 5.74) is 0. The highest BCUT2D eigenvalue weighted by Gasteiger charge is 2.30. The van der Waals surface area contributed by atoms with Gasteiger partial charge in [0.1, 0.15) is 0 Å². The molecule has 68 valence electrons. The largest absolute Gasteiger partial charge is 0.344 e. The molecule has 0 aliphatic carbocycles. The summed E-state index contributed by atoms with van der Waals surface area (Å²) >= 11 is 1.97. The minimum Gasteiger partial charge on any atom is -0.344 e. The van der Waals surface area contributed by atoms with Crippen molar-refractivity contribution < 1.29 is 4.79 Å². The predicted octanol–water partition coefficient (Wildman–Crippen LogP) is -0.0779. The quantitative estimate of drug-likeness (QED) is 0.655. The van der Waals surface area contributed by atoms with E-state index in [2.05, 4.69) is 5.32 Å². The van der Waals surface area contributed by atoms with Gasteiger partial charge in [-0.15, -0.1) is 0 Å². The zero-order chi connectivity index (χ0) is 8.55. The van der Waals surface area contributed by atoms with Gasteiger partial charge in [-0.25, -0.2) is 0 Å². The second-order valence-electron chi connectivity index (χ2n) is 3.58. The lowest BCUT2D eigenvalue weighted by Crippen LogP contribution is -2.46. The van der Waals surface area contributed by atoms with Gasteiger partial charge in [0.05, 0.1) is 0 Å². The number of likely N-dealkylation sites (N-methyl/N-ethyl adjacent to an activating group) is 1. The molecule has 4 heteroatoms. The highest BCUT2D eigenvalue weighted by molar-refractivity contribution is 8.00. The molecule has 1 N–H and O–H groups in total. The van der Waals surface area contributed by atoms with E-state index in [0.717, 1.165) is 6.54 Å². The number of amides is 1. The summed E-state index contributed by atoms with van der Waals surface area (Å²) in [6, 6.07) is 1.08. The fraction of sp³-hybridized carbons (Fsp3) is 0.875. The zero-order valence-electron chi connectivity index (χ0n) is 7.25. The van der Waals surface area contributed by atoms with E-state index < -0.39 is 0 Å². The minimum absolute atomic E-state index is 0.277. The first kappa shape index (κ1) is 8.38. The topological polar surface area (TPSA) is 32.3 Å². The predicted molar refractivity (Wildman–Crippen MR) is 50.3 cm³/mol. The lowest BCUT2D eigenvalue weighted by molar-refractivity contribution is -0.126. The molecule has 12 heavy (non-hydrogen) atoms. The van der Waals surface area contributed by atoms with Gasteiger partial charge in [-0.05, 0) is 0 Å². The normalized spacial score (nSPS) is 30.9. The third-order valence-corrected chi connectivity index (χ3v) is 3.73. The van der Waals surface area contributed by atoms with E-state index in [1.807, 2.05) is 23.7 Å². The molecule has 2 aliphatic rings. The van der Waals surface area contributed by atoms with Crippen molar-refractivity contribution in [3.05, 3.63) is 0 Å². The Morgan fingerprint density at radius 2 is 2.25 bits per heavy atom. The van der Waals surface area contributed by atoms with E-state index in [-0.39, 0.29) is 5.91 Å². The highest BCUT2D eigenvalue weighted by atomic mass is 32.2. The van der Waals surface area contributed by atoms with E-state index in [0.29, 0.717) is 18.5 Å². The third-order valence-electron chi connectivity index (χ3n) is 2.45. The Balaban J connectivity index is 1.78. The number of nitrogens with one attached hydrogen (secondary N) is 1. The van der Waals surface area contributed by atoms with Crippen molar-refractivity contribution in [2.75, 3.05) is 25.1 Å². The molecule has 1 amide bonds. The highest BCUT2D eigenvalue weighted by Crippen LogP contribution is 2.19. The Hall–Kier alpha value is -0.220. The number of carbonyl (C=O) groups excluding carboxylic acids is 1. The first-order chi connectivity index (χ1) is 5.75. The van der Waals surface area contributed by atoms with Crippen molar-refractivity contribution in [1.82, 2.24) is 10.2 Å². The molecular weight excluding hydrogens is 172 g/mol. The molecule has 2 heterocycles. The van der Waals surface area contributed by atoms with Crippen LogP contribution < -0.4 is 5.32 Å². The van der Waals surface area contributed by atoms with Crippen LogP contribution >= 0.6 is 11.8 Å². The number of rotatable bonds is 2. The lowest BCUT2D eigenvalue weighted by atomic mass is 10.2. The van der Waals surface area contributed by atoms with Crippen LogP contribution in [0.5, 0.6) is 0 Å². The van der Waals surface area contributed by atoms with Crippen LogP contribution in [-0.2, 0) is 4.79 Å². The summed E-state index contributed by atoms with van der Waals surface area (Å²) in [5.74, 6) is 2.71. The van der Waals surface area contributed by atoms with E-state index in [1.165, 1.54) is 11.5 Å². The Morgan fingerprint density at radius 1 is 1.50 bits per heavy atom. The first-order valence-electron chi connectivity index (χ1n) is 4.33. The van der Waals surface area contributed by atoms with Gasteiger partial charge in [-0.1, -0.05) is 0 Å². The maximum absolute atomic E-state index is 11.2. The van der Waals surface area contributed by atoms with Crippen LogP contribution in [0.15, 0.2) is 0 Å². The molecule has 0 aromatic rings. The minimum atomic E-state index is 0.277. The average molecular weight is 186 g/mol. The van der Waals surface area contributed by atoms with Gasteiger partial charge in [0.2, 0.25) is 5.91 Å². The van der Waals surface area contributed by atoms with Crippen LogP contribution in [0.25, 0.3) is 0 Å². The maximum atomic E-state index is 11.2. The second kappa shape index (κ2) is 3.26. The van der Waals surface area contributed by atoms with Crippen LogP contribution in [0.1, 0.15) is 6.42 Å². The van der Waals surface area contributed by atoms with E-state index >= 15 is 0 Å². The monoisotopic (exact) mass is 186 g/mol. The lowest BCUT2D eigenvalue weighted by Gasteiger charge is -2.28. The van der Waals surface area contributed by atoms with Gasteiger partial charge in [0.25, 0.3) is 0 Å². The molecule has 2 rings (SSSR count). The van der Waals surface area contributed by atoms with Gasteiger partial charge in [-0.2, -0.15) is 11.8 Å². The summed E-state index contributed by atoms with van der Waals surface area (Å²) in [7, 11) is 1.87. The number of thioether (sulfide) groups is 1. The Kier molecular flexibility index (Phi) is 2.28. The van der Waals surface area contributed by atoms with Gasteiger partial charge >= 0.3 is 0 Å². The molecule has 2 aliphatic heterocycles. The zero-order valence-corrected chi connectivity index (χ0v) is 8.06. The molecule has 1 unspecified atom stereocenters. The second-order valence-corrected chi connectivity index (χ2v) is 4.65. The maximum Gasteiger partial charge on any atom is 0.224 e. The molecular formula is C8H14N2OS. The SMILES string of the molecule is CN1CC(NC2CSC2)CC1=O. The molecule has 1 atom stereocenters. The third kappa shape index (κ3) is 1.59. The fourth-order valence-corrected chi connectivity index (χ4v) is 2.30. The van der Waals surface area contributed by atoms with Crippen LogP contribution in [0, 0.1) is 0 Å². The molecule has 0 spiro atoms. The van der Waals surface area contributed by atoms with Crippen molar-refractivity contribution in [3.63, 3.8) is 0 Å². The number of hydrogen-bond donors (Lipinski definition) is 1. The molecule has 2 fully saturated rings. The summed E-state index contributed by atoms with van der Waals surface area (Å²) in [6.07, 6.45) is 0.692. The molecule has 0 aromatic heterocycles. The van der Waals surface area contributed by atoms with Crippen molar-refractivity contribution in [1.29, 1.82) is 0 Å². The van der Waals surface area contributed by atoms with Crippen LogP contribution in [0.3, 0.4) is 0 Å². The number of hydrogen-bond acceptors (Lipinski definition) is 3. The summed E-state index contributed by atoms with van der Waals surface area (Å²) in [5, 5.41) is 3.49. The molecule has 0 bridgehead atoms. The van der Waals surface area contributed by atoms with Gasteiger partial charge in [0.15, 0.2) is 0 Å². The summed E-state index contributed by atoms with van der Waals surface area (Å²) < 4.78 is 0. The van der Waals surface area contributed by atoms with Gasteiger partial charge in [0, 0.05) is 43.6 Å². The Bertz CT molecular complexity index is 193. The summed E-state index contributed by atoms with van der Waals surface area (Å²) in [4.78, 5) is 13.0. The molecule has 0 aromatic carbocycles. The van der Waals surface area contributed by atoms with Gasteiger partial charge in [-0.3, -0.25) is 4.79 Å². The van der Waals surface area contributed by atoms with Crippen molar-refractivity contribution in [2.45, 2.75) is 18.5 Å². The Morgan fingerprint density at radius 3 is 2.67 bits per heavy atom. The van der Waals surface area contributed by atoms with Crippen molar-refractivity contribution in [3.8, 4) is 0 Å². The van der Waals surface area contributed by atoms with E-state index in [4.69, 9.17) is 0 Å². The Labute approximate surface area is 76.9 Å². The van der Waals surface area contributed by atoms with Crippen LogP contribution in [0.4, 0.5) is 0 Å². The molecule has 2 saturated heterocycles. The van der Waals surface area contributed by atoms with E-state index in [1.54, 1.807) is 0 Å². The number of nitrogens with zero attached hydrogens (tertiary/aromatic N) is 1. The number of carbonyl (C=O) groups is 1. The first-order valence-corrected chi connectivity index (χ1v) is 5.49.